The molecule has 0 atom stereocenters. The van der Waals surface area contributed by atoms with Crippen LogP contribution in [0, 0.1) is 24.1 Å². The van der Waals surface area contributed by atoms with Crippen molar-refractivity contribution < 1.29 is 8.81 Å². The molecular formula is C15H13FN2O. The van der Waals surface area contributed by atoms with Gasteiger partial charge in [-0.3, -0.25) is 0 Å². The second-order valence-electron chi connectivity index (χ2n) is 5.09. The second-order valence-corrected chi connectivity index (χ2v) is 5.09. The molecule has 1 saturated carbocycles. The fraction of sp³-hybridized carbons (Fsp3) is 0.333. The molecule has 3 rings (SSSR count). The second kappa shape index (κ2) is 3.92. The number of hydrogen-bond donors (Lipinski definition) is 0. The summed E-state index contributed by atoms with van der Waals surface area (Å²) in [7, 11) is 0. The van der Waals surface area contributed by atoms with E-state index in [2.05, 4.69) is 17.6 Å². The molecule has 0 amide bonds. The predicted octanol–water partition coefficient (Wildman–Crippen LogP) is 4.06. The maximum absolute atomic E-state index is 14.5. The highest BCUT2D eigenvalue weighted by molar-refractivity contribution is 5.87. The molecule has 0 saturated heterocycles. The van der Waals surface area contributed by atoms with Gasteiger partial charge in [0, 0.05) is 11.5 Å². The number of aromatic nitrogens is 1. The number of nitriles is 1. The largest absolute Gasteiger partial charge is 0.437 e. The molecule has 1 aromatic carbocycles. The standard InChI is InChI=1S/C15H13FN2O/c1-7(2)11-8(3)10(6-17)13-14(12(11)16)19-15(18-13)9-4-5-9/h9H,1,4-5H2,2-3H3. The van der Waals surface area contributed by atoms with Crippen LogP contribution >= 0.6 is 0 Å². The Labute approximate surface area is 110 Å². The van der Waals surface area contributed by atoms with E-state index in [9.17, 15) is 9.65 Å². The number of benzene rings is 1. The monoisotopic (exact) mass is 256 g/mol. The lowest BCUT2D eigenvalue weighted by molar-refractivity contribution is 0.507. The van der Waals surface area contributed by atoms with Crippen molar-refractivity contribution >= 4 is 16.7 Å². The Hall–Kier alpha value is -2.15. The van der Waals surface area contributed by atoms with Crippen LogP contribution in [0.4, 0.5) is 4.39 Å². The Balaban J connectivity index is 2.41. The summed E-state index contributed by atoms with van der Waals surface area (Å²) in [6, 6.07) is 2.10. The van der Waals surface area contributed by atoms with Crippen molar-refractivity contribution in [1.82, 2.24) is 4.98 Å². The molecule has 1 fully saturated rings. The summed E-state index contributed by atoms with van der Waals surface area (Å²) in [6.45, 7) is 7.21. The van der Waals surface area contributed by atoms with Gasteiger partial charge in [-0.15, -0.1) is 0 Å². The Bertz CT molecular complexity index is 748. The van der Waals surface area contributed by atoms with Crippen LogP contribution in [0.15, 0.2) is 11.0 Å². The van der Waals surface area contributed by atoms with Crippen LogP contribution in [0.25, 0.3) is 16.7 Å². The fourth-order valence-corrected chi connectivity index (χ4v) is 2.38. The van der Waals surface area contributed by atoms with E-state index in [0.717, 1.165) is 12.8 Å². The molecule has 2 aromatic rings. The molecule has 0 aliphatic heterocycles. The summed E-state index contributed by atoms with van der Waals surface area (Å²) in [5, 5.41) is 9.29. The normalized spacial score (nSPS) is 14.6. The van der Waals surface area contributed by atoms with Crippen molar-refractivity contribution in [2.45, 2.75) is 32.6 Å². The van der Waals surface area contributed by atoms with Crippen LogP contribution in [0.1, 0.15) is 48.3 Å². The SMILES string of the molecule is C=C(C)c1c(C)c(C#N)c2nc(C3CC3)oc2c1F. The molecule has 1 aromatic heterocycles. The summed E-state index contributed by atoms with van der Waals surface area (Å²) in [4.78, 5) is 4.31. The van der Waals surface area contributed by atoms with Crippen molar-refractivity contribution in [1.29, 1.82) is 5.26 Å². The smallest absolute Gasteiger partial charge is 0.198 e. The first kappa shape index (κ1) is 11.9. The van der Waals surface area contributed by atoms with Gasteiger partial charge in [-0.2, -0.15) is 5.26 Å². The van der Waals surface area contributed by atoms with Crippen molar-refractivity contribution in [2.24, 2.45) is 0 Å². The molecule has 1 heterocycles. The molecule has 0 N–H and O–H groups in total. The van der Waals surface area contributed by atoms with E-state index in [4.69, 9.17) is 4.42 Å². The first-order valence-electron chi connectivity index (χ1n) is 6.23. The van der Waals surface area contributed by atoms with Gasteiger partial charge in [-0.05, 0) is 37.8 Å². The quantitative estimate of drug-likeness (QED) is 0.814. The zero-order valence-electron chi connectivity index (χ0n) is 10.9. The van der Waals surface area contributed by atoms with Crippen LogP contribution in [0.3, 0.4) is 0 Å². The molecule has 19 heavy (non-hydrogen) atoms. The summed E-state index contributed by atoms with van der Waals surface area (Å²) in [5.41, 5.74) is 2.33. The lowest BCUT2D eigenvalue weighted by Crippen LogP contribution is -1.97. The molecule has 0 spiro atoms. The van der Waals surface area contributed by atoms with E-state index in [-0.39, 0.29) is 11.5 Å². The van der Waals surface area contributed by atoms with Gasteiger partial charge in [0.05, 0.1) is 5.56 Å². The Morgan fingerprint density at radius 3 is 2.74 bits per heavy atom. The van der Waals surface area contributed by atoms with Crippen molar-refractivity contribution in [3.8, 4) is 6.07 Å². The lowest BCUT2D eigenvalue weighted by Gasteiger charge is -2.08. The summed E-state index contributed by atoms with van der Waals surface area (Å²) < 4.78 is 20.0. The van der Waals surface area contributed by atoms with Crippen molar-refractivity contribution in [2.75, 3.05) is 0 Å². The third-order valence-corrected chi connectivity index (χ3v) is 3.51. The molecular weight excluding hydrogens is 243 g/mol. The number of halogens is 1. The number of allylic oxidation sites excluding steroid dienone is 1. The molecule has 3 nitrogen and oxygen atoms in total. The van der Waals surface area contributed by atoms with Gasteiger partial charge in [-0.25, -0.2) is 9.37 Å². The lowest BCUT2D eigenvalue weighted by atomic mass is 9.96. The van der Waals surface area contributed by atoms with E-state index in [1.807, 2.05) is 0 Å². The van der Waals surface area contributed by atoms with Gasteiger partial charge < -0.3 is 4.42 Å². The first-order chi connectivity index (χ1) is 9.04. The molecule has 96 valence electrons. The average Bonchev–Trinajstić information content (AvgIpc) is 3.10. The summed E-state index contributed by atoms with van der Waals surface area (Å²) >= 11 is 0. The van der Waals surface area contributed by atoms with Gasteiger partial charge in [-0.1, -0.05) is 6.58 Å². The Morgan fingerprint density at radius 2 is 2.21 bits per heavy atom. The summed E-state index contributed by atoms with van der Waals surface area (Å²) in [6.07, 6.45) is 2.03. The zero-order valence-corrected chi connectivity index (χ0v) is 10.9. The maximum Gasteiger partial charge on any atom is 0.198 e. The van der Waals surface area contributed by atoms with Crippen molar-refractivity contribution in [3.05, 3.63) is 35.0 Å². The number of oxazole rings is 1. The number of fused-ring (bicyclic) bond motifs is 1. The molecule has 0 bridgehead atoms. The third-order valence-electron chi connectivity index (χ3n) is 3.51. The minimum atomic E-state index is -0.460. The predicted molar refractivity (Wildman–Crippen MR) is 70.1 cm³/mol. The van der Waals surface area contributed by atoms with Crippen molar-refractivity contribution in [3.63, 3.8) is 0 Å². The third kappa shape index (κ3) is 1.66. The zero-order chi connectivity index (χ0) is 13.7. The van der Waals surface area contributed by atoms with Gasteiger partial charge >= 0.3 is 0 Å². The Morgan fingerprint density at radius 1 is 1.53 bits per heavy atom. The van der Waals surface area contributed by atoms with Gasteiger partial charge in [0.1, 0.15) is 11.6 Å². The number of hydrogen-bond acceptors (Lipinski definition) is 3. The minimum Gasteiger partial charge on any atom is -0.437 e. The fourth-order valence-electron chi connectivity index (χ4n) is 2.38. The van der Waals surface area contributed by atoms with Crippen LogP contribution in [-0.2, 0) is 0 Å². The van der Waals surface area contributed by atoms with Crippen LogP contribution in [-0.4, -0.2) is 4.98 Å². The minimum absolute atomic E-state index is 0.0852. The van der Waals surface area contributed by atoms with E-state index in [0.29, 0.717) is 33.7 Å². The topological polar surface area (TPSA) is 49.8 Å². The number of nitrogens with zero attached hydrogens (tertiary/aromatic N) is 2. The molecule has 1 aliphatic rings. The first-order valence-corrected chi connectivity index (χ1v) is 6.23. The van der Waals surface area contributed by atoms with Gasteiger partial charge in [0.15, 0.2) is 17.3 Å². The summed E-state index contributed by atoms with van der Waals surface area (Å²) in [5.74, 6) is 0.369. The van der Waals surface area contributed by atoms with Gasteiger partial charge in [0.25, 0.3) is 0 Å². The Kier molecular flexibility index (Phi) is 2.46. The molecule has 0 radical (unpaired) electrons. The molecule has 0 unspecified atom stereocenters. The highest BCUT2D eigenvalue weighted by Gasteiger charge is 2.31. The number of rotatable bonds is 2. The van der Waals surface area contributed by atoms with Crippen LogP contribution in [0.2, 0.25) is 0 Å². The highest BCUT2D eigenvalue weighted by atomic mass is 19.1. The van der Waals surface area contributed by atoms with E-state index in [1.165, 1.54) is 0 Å². The van der Waals surface area contributed by atoms with Gasteiger partial charge in [0.2, 0.25) is 0 Å². The van der Waals surface area contributed by atoms with E-state index < -0.39 is 5.82 Å². The van der Waals surface area contributed by atoms with E-state index >= 15 is 0 Å². The maximum atomic E-state index is 14.5. The van der Waals surface area contributed by atoms with E-state index in [1.54, 1.807) is 13.8 Å². The highest BCUT2D eigenvalue weighted by Crippen LogP contribution is 2.42. The van der Waals surface area contributed by atoms with Crippen LogP contribution < -0.4 is 0 Å². The van der Waals surface area contributed by atoms with Crippen LogP contribution in [0.5, 0.6) is 0 Å². The molecule has 1 aliphatic carbocycles. The molecule has 4 heteroatoms. The average molecular weight is 256 g/mol.